The summed E-state index contributed by atoms with van der Waals surface area (Å²) in [7, 11) is 0. The first-order valence-electron chi connectivity index (χ1n) is 7.00. The van der Waals surface area contributed by atoms with Crippen LogP contribution in [0.15, 0.2) is 55.0 Å². The van der Waals surface area contributed by atoms with Crippen molar-refractivity contribution in [1.29, 1.82) is 0 Å². The Morgan fingerprint density at radius 3 is 2.70 bits per heavy atom. The standard InChI is InChI=1S/C16H14N4O3/c21-15(12-6-7-14-19-18-10-20(14)9-12)17-8-13(16(22)23)11-4-2-1-3-5-11/h1-7,9-10,13H,8H2,(H,17,21)(H,22,23). The zero-order valence-electron chi connectivity index (χ0n) is 12.1. The number of carbonyl (C=O) groups is 2. The SMILES string of the molecule is O=C(NCC(C(=O)O)c1ccccc1)c1ccc2nncn2c1. The van der Waals surface area contributed by atoms with E-state index in [-0.39, 0.29) is 12.5 Å². The molecule has 1 amide bonds. The van der Waals surface area contributed by atoms with Crippen LogP contribution in [-0.2, 0) is 4.79 Å². The topological polar surface area (TPSA) is 96.6 Å². The van der Waals surface area contributed by atoms with Gasteiger partial charge in [-0.2, -0.15) is 0 Å². The fraction of sp³-hybridized carbons (Fsp3) is 0.125. The Labute approximate surface area is 131 Å². The number of benzene rings is 1. The Morgan fingerprint density at radius 1 is 1.17 bits per heavy atom. The summed E-state index contributed by atoms with van der Waals surface area (Å²) in [5.74, 6) is -2.12. The lowest BCUT2D eigenvalue weighted by Gasteiger charge is -2.14. The number of hydrogen-bond acceptors (Lipinski definition) is 4. The Bertz CT molecular complexity index is 845. The molecule has 0 radical (unpaired) electrons. The average molecular weight is 310 g/mol. The van der Waals surface area contributed by atoms with Gasteiger partial charge in [-0.1, -0.05) is 30.3 Å². The van der Waals surface area contributed by atoms with Gasteiger partial charge in [0.2, 0.25) is 0 Å². The van der Waals surface area contributed by atoms with Crippen molar-refractivity contribution in [3.05, 3.63) is 66.1 Å². The van der Waals surface area contributed by atoms with Crippen LogP contribution in [0.2, 0.25) is 0 Å². The minimum Gasteiger partial charge on any atom is -0.481 e. The van der Waals surface area contributed by atoms with Gasteiger partial charge < -0.3 is 10.4 Å². The number of rotatable bonds is 5. The Balaban J connectivity index is 1.72. The maximum absolute atomic E-state index is 12.2. The van der Waals surface area contributed by atoms with Gasteiger partial charge in [-0.25, -0.2) is 0 Å². The Morgan fingerprint density at radius 2 is 1.96 bits per heavy atom. The lowest BCUT2D eigenvalue weighted by Crippen LogP contribution is -2.31. The van der Waals surface area contributed by atoms with Crippen molar-refractivity contribution in [3.8, 4) is 0 Å². The van der Waals surface area contributed by atoms with Crippen LogP contribution in [0.4, 0.5) is 0 Å². The number of pyridine rings is 1. The number of aromatic nitrogens is 3. The van der Waals surface area contributed by atoms with Gasteiger partial charge >= 0.3 is 5.97 Å². The third kappa shape index (κ3) is 3.18. The number of amides is 1. The molecular formula is C16H14N4O3. The highest BCUT2D eigenvalue weighted by Crippen LogP contribution is 2.15. The number of carboxylic acid groups (broad SMARTS) is 1. The molecule has 2 heterocycles. The molecule has 7 nitrogen and oxygen atoms in total. The smallest absolute Gasteiger partial charge is 0.312 e. The van der Waals surface area contributed by atoms with Crippen molar-refractivity contribution in [1.82, 2.24) is 19.9 Å². The zero-order valence-corrected chi connectivity index (χ0v) is 12.1. The molecular weight excluding hydrogens is 296 g/mol. The first kappa shape index (κ1) is 14.7. The van der Waals surface area contributed by atoms with E-state index < -0.39 is 11.9 Å². The Kier molecular flexibility index (Phi) is 4.01. The summed E-state index contributed by atoms with van der Waals surface area (Å²) in [4.78, 5) is 23.6. The second-order valence-electron chi connectivity index (χ2n) is 5.03. The number of nitrogens with one attached hydrogen (secondary N) is 1. The van der Waals surface area contributed by atoms with E-state index in [1.807, 2.05) is 6.07 Å². The van der Waals surface area contributed by atoms with Gasteiger partial charge in [0.05, 0.1) is 11.5 Å². The molecule has 116 valence electrons. The lowest BCUT2D eigenvalue weighted by atomic mass is 9.99. The number of nitrogens with zero attached hydrogens (tertiary/aromatic N) is 3. The molecule has 0 aliphatic heterocycles. The van der Waals surface area contributed by atoms with Crippen LogP contribution in [0.25, 0.3) is 5.65 Å². The number of hydrogen-bond donors (Lipinski definition) is 2. The average Bonchev–Trinajstić information content (AvgIpc) is 3.03. The van der Waals surface area contributed by atoms with Crippen LogP contribution in [0.3, 0.4) is 0 Å². The van der Waals surface area contributed by atoms with Gasteiger partial charge in [0.25, 0.3) is 5.91 Å². The van der Waals surface area contributed by atoms with Crippen molar-refractivity contribution in [2.45, 2.75) is 5.92 Å². The molecule has 2 aromatic heterocycles. The summed E-state index contributed by atoms with van der Waals surface area (Å²) in [6.07, 6.45) is 3.10. The quantitative estimate of drug-likeness (QED) is 0.741. The summed E-state index contributed by atoms with van der Waals surface area (Å²) in [5.41, 5.74) is 1.69. The number of carboxylic acids is 1. The third-order valence-corrected chi connectivity index (χ3v) is 3.52. The molecule has 0 saturated heterocycles. The first-order chi connectivity index (χ1) is 11.1. The minimum absolute atomic E-state index is 0.0123. The Hall–Kier alpha value is -3.22. The number of fused-ring (bicyclic) bond motifs is 1. The first-order valence-corrected chi connectivity index (χ1v) is 7.00. The van der Waals surface area contributed by atoms with Crippen molar-refractivity contribution in [2.24, 2.45) is 0 Å². The van der Waals surface area contributed by atoms with Crippen LogP contribution >= 0.6 is 0 Å². The summed E-state index contributed by atoms with van der Waals surface area (Å²) < 4.78 is 1.63. The predicted molar refractivity (Wildman–Crippen MR) is 82.1 cm³/mol. The molecule has 0 saturated carbocycles. The van der Waals surface area contributed by atoms with Crippen LogP contribution in [-0.4, -0.2) is 38.1 Å². The van der Waals surface area contributed by atoms with E-state index in [4.69, 9.17) is 0 Å². The summed E-state index contributed by atoms with van der Waals surface area (Å²) in [6, 6.07) is 12.1. The highest BCUT2D eigenvalue weighted by Gasteiger charge is 2.20. The fourth-order valence-corrected chi connectivity index (χ4v) is 2.29. The van der Waals surface area contributed by atoms with Gasteiger partial charge in [0.1, 0.15) is 6.33 Å². The van der Waals surface area contributed by atoms with Gasteiger partial charge in [0.15, 0.2) is 5.65 Å². The molecule has 0 spiro atoms. The molecule has 1 atom stereocenters. The molecule has 0 fully saturated rings. The van der Waals surface area contributed by atoms with Crippen molar-refractivity contribution in [2.75, 3.05) is 6.54 Å². The molecule has 7 heteroatoms. The highest BCUT2D eigenvalue weighted by molar-refractivity contribution is 5.94. The van der Waals surface area contributed by atoms with Crippen LogP contribution in [0.1, 0.15) is 21.8 Å². The van der Waals surface area contributed by atoms with Gasteiger partial charge in [-0.3, -0.25) is 14.0 Å². The minimum atomic E-state index is -0.981. The second kappa shape index (κ2) is 6.27. The molecule has 1 aromatic carbocycles. The maximum Gasteiger partial charge on any atom is 0.312 e. The fourth-order valence-electron chi connectivity index (χ4n) is 2.29. The third-order valence-electron chi connectivity index (χ3n) is 3.52. The van der Waals surface area contributed by atoms with E-state index in [2.05, 4.69) is 15.5 Å². The predicted octanol–water partition coefficient (Wildman–Crippen LogP) is 1.33. The largest absolute Gasteiger partial charge is 0.481 e. The number of aliphatic carboxylic acids is 1. The number of carbonyl (C=O) groups excluding carboxylic acids is 1. The van der Waals surface area contributed by atoms with Crippen molar-refractivity contribution in [3.63, 3.8) is 0 Å². The zero-order chi connectivity index (χ0) is 16.2. The van der Waals surface area contributed by atoms with E-state index in [1.54, 1.807) is 47.0 Å². The van der Waals surface area contributed by atoms with E-state index in [0.717, 1.165) is 0 Å². The molecule has 3 rings (SSSR count). The summed E-state index contributed by atoms with van der Waals surface area (Å²) in [5, 5.41) is 19.6. The van der Waals surface area contributed by atoms with E-state index in [0.29, 0.717) is 16.8 Å². The molecule has 0 aliphatic carbocycles. The highest BCUT2D eigenvalue weighted by atomic mass is 16.4. The van der Waals surface area contributed by atoms with E-state index in [9.17, 15) is 14.7 Å². The lowest BCUT2D eigenvalue weighted by molar-refractivity contribution is -0.138. The van der Waals surface area contributed by atoms with Crippen LogP contribution < -0.4 is 5.32 Å². The normalized spacial score (nSPS) is 12.0. The van der Waals surface area contributed by atoms with Crippen molar-refractivity contribution < 1.29 is 14.7 Å². The van der Waals surface area contributed by atoms with Gasteiger partial charge in [-0.15, -0.1) is 10.2 Å². The maximum atomic E-state index is 12.2. The molecule has 3 aromatic rings. The monoisotopic (exact) mass is 310 g/mol. The summed E-state index contributed by atoms with van der Waals surface area (Å²) >= 11 is 0. The van der Waals surface area contributed by atoms with Crippen LogP contribution in [0, 0.1) is 0 Å². The van der Waals surface area contributed by atoms with Gasteiger partial charge in [-0.05, 0) is 17.7 Å². The second-order valence-corrected chi connectivity index (χ2v) is 5.03. The molecule has 0 bridgehead atoms. The van der Waals surface area contributed by atoms with Crippen molar-refractivity contribution >= 4 is 17.5 Å². The molecule has 2 N–H and O–H groups in total. The van der Waals surface area contributed by atoms with E-state index in [1.165, 1.54) is 6.33 Å². The van der Waals surface area contributed by atoms with Crippen LogP contribution in [0.5, 0.6) is 0 Å². The molecule has 1 unspecified atom stereocenters. The summed E-state index contributed by atoms with van der Waals surface area (Å²) in [6.45, 7) is 0.0123. The van der Waals surface area contributed by atoms with Gasteiger partial charge in [0, 0.05) is 12.7 Å². The molecule has 23 heavy (non-hydrogen) atoms. The van der Waals surface area contributed by atoms with E-state index >= 15 is 0 Å². The molecule has 0 aliphatic rings.